The highest BCUT2D eigenvalue weighted by Gasteiger charge is 2.26. The number of amides is 1. The van der Waals surface area contributed by atoms with Gasteiger partial charge in [0.05, 0.1) is 0 Å². The van der Waals surface area contributed by atoms with Gasteiger partial charge in [0.25, 0.3) is 0 Å². The first-order valence-corrected chi connectivity index (χ1v) is 7.34. The Hall–Kier alpha value is -0.0300. The van der Waals surface area contributed by atoms with Crippen LogP contribution in [0.25, 0.3) is 0 Å². The van der Waals surface area contributed by atoms with Crippen LogP contribution >= 0.6 is 24.8 Å². The molecule has 1 saturated carbocycles. The van der Waals surface area contributed by atoms with Gasteiger partial charge < -0.3 is 16.0 Å². The monoisotopic (exact) mass is 327 g/mol. The number of hydrogen-bond donors (Lipinski definition) is 2. The Kier molecular flexibility index (Phi) is 12.9. The fourth-order valence-corrected chi connectivity index (χ4v) is 2.81. The van der Waals surface area contributed by atoms with Gasteiger partial charge in [-0.3, -0.25) is 4.79 Å². The van der Waals surface area contributed by atoms with E-state index in [1.165, 1.54) is 6.42 Å². The number of carbonyl (C=O) groups is 1. The first-order valence-electron chi connectivity index (χ1n) is 7.34. The van der Waals surface area contributed by atoms with Crippen LogP contribution in [-0.2, 0) is 4.79 Å². The fraction of sp³-hybridized carbons (Fsp3) is 0.929. The Labute approximate surface area is 136 Å². The molecular weight excluding hydrogens is 297 g/mol. The minimum Gasteiger partial charge on any atom is -0.352 e. The van der Waals surface area contributed by atoms with E-state index in [4.69, 9.17) is 5.73 Å². The van der Waals surface area contributed by atoms with Crippen LogP contribution in [0.1, 0.15) is 46.5 Å². The second kappa shape index (κ2) is 11.6. The van der Waals surface area contributed by atoms with Gasteiger partial charge in [0.15, 0.2) is 0 Å². The van der Waals surface area contributed by atoms with Crippen molar-refractivity contribution in [2.75, 3.05) is 19.6 Å². The summed E-state index contributed by atoms with van der Waals surface area (Å²) in [5.74, 6) is 0.558. The van der Waals surface area contributed by atoms with Crippen LogP contribution in [0.5, 0.6) is 0 Å². The maximum absolute atomic E-state index is 11.9. The van der Waals surface area contributed by atoms with E-state index in [0.717, 1.165) is 32.5 Å². The average molecular weight is 328 g/mol. The molecular formula is C14H31Cl2N3O. The van der Waals surface area contributed by atoms with Crippen LogP contribution in [0.15, 0.2) is 0 Å². The van der Waals surface area contributed by atoms with E-state index >= 15 is 0 Å². The molecule has 1 aliphatic rings. The summed E-state index contributed by atoms with van der Waals surface area (Å²) < 4.78 is 0. The lowest BCUT2D eigenvalue weighted by atomic mass is 10.00. The van der Waals surface area contributed by atoms with Gasteiger partial charge in [-0.25, -0.2) is 0 Å². The van der Waals surface area contributed by atoms with E-state index in [0.29, 0.717) is 12.3 Å². The van der Waals surface area contributed by atoms with Crippen LogP contribution in [-0.4, -0.2) is 42.5 Å². The van der Waals surface area contributed by atoms with E-state index in [1.54, 1.807) is 0 Å². The number of carbonyl (C=O) groups excluding carboxylic acids is 1. The average Bonchev–Trinajstić information content (AvgIpc) is 2.71. The molecule has 1 aliphatic carbocycles. The Morgan fingerprint density at radius 1 is 1.30 bits per heavy atom. The second-order valence-electron chi connectivity index (χ2n) is 5.51. The van der Waals surface area contributed by atoms with Crippen LogP contribution < -0.4 is 11.1 Å². The quantitative estimate of drug-likeness (QED) is 0.753. The number of hydrogen-bond acceptors (Lipinski definition) is 3. The van der Waals surface area contributed by atoms with E-state index in [2.05, 4.69) is 31.0 Å². The molecule has 6 heteroatoms. The van der Waals surface area contributed by atoms with Crippen LogP contribution in [0.2, 0.25) is 0 Å². The maximum atomic E-state index is 11.9. The van der Waals surface area contributed by atoms with Crippen molar-refractivity contribution in [1.82, 2.24) is 10.2 Å². The molecule has 0 aromatic heterocycles. The van der Waals surface area contributed by atoms with Gasteiger partial charge in [-0.05, 0) is 38.8 Å². The molecule has 1 rings (SSSR count). The van der Waals surface area contributed by atoms with E-state index < -0.39 is 0 Å². The Bertz CT molecular complexity index is 263. The zero-order valence-corrected chi connectivity index (χ0v) is 14.6. The molecule has 1 amide bonds. The molecule has 3 N–H and O–H groups in total. The molecule has 0 aromatic rings. The predicted octanol–water partition coefficient (Wildman–Crippen LogP) is 2.19. The summed E-state index contributed by atoms with van der Waals surface area (Å²) >= 11 is 0. The highest BCUT2D eigenvalue weighted by Crippen LogP contribution is 2.26. The number of nitrogens with one attached hydrogen (secondary N) is 1. The van der Waals surface area contributed by atoms with E-state index in [9.17, 15) is 4.79 Å². The number of rotatable bonds is 7. The lowest BCUT2D eigenvalue weighted by Crippen LogP contribution is -2.43. The summed E-state index contributed by atoms with van der Waals surface area (Å²) in [6.45, 7) is 9.36. The molecule has 122 valence electrons. The first-order chi connectivity index (χ1) is 8.56. The summed E-state index contributed by atoms with van der Waals surface area (Å²) in [4.78, 5) is 14.3. The van der Waals surface area contributed by atoms with Gasteiger partial charge >= 0.3 is 0 Å². The molecule has 0 radical (unpaired) electrons. The largest absolute Gasteiger partial charge is 0.352 e. The minimum atomic E-state index is 0. The summed E-state index contributed by atoms with van der Waals surface area (Å²) in [5.41, 5.74) is 5.99. The van der Waals surface area contributed by atoms with Gasteiger partial charge in [-0.2, -0.15) is 0 Å². The Balaban J connectivity index is 0. The van der Waals surface area contributed by atoms with Crippen molar-refractivity contribution in [2.45, 2.75) is 58.5 Å². The van der Waals surface area contributed by atoms with Crippen molar-refractivity contribution in [1.29, 1.82) is 0 Å². The van der Waals surface area contributed by atoms with Crippen molar-refractivity contribution in [3.8, 4) is 0 Å². The van der Waals surface area contributed by atoms with E-state index in [1.807, 2.05) is 0 Å². The molecule has 0 aromatic carbocycles. The Morgan fingerprint density at radius 2 is 1.90 bits per heavy atom. The molecule has 4 nitrogen and oxygen atoms in total. The van der Waals surface area contributed by atoms with E-state index in [-0.39, 0.29) is 42.8 Å². The highest BCUT2D eigenvalue weighted by molar-refractivity contribution is 5.85. The molecule has 0 bridgehead atoms. The lowest BCUT2D eigenvalue weighted by Gasteiger charge is -2.24. The zero-order valence-electron chi connectivity index (χ0n) is 12.9. The van der Waals surface area contributed by atoms with Gasteiger partial charge in [0, 0.05) is 25.0 Å². The van der Waals surface area contributed by atoms with Crippen molar-refractivity contribution in [3.63, 3.8) is 0 Å². The van der Waals surface area contributed by atoms with Crippen molar-refractivity contribution >= 4 is 30.7 Å². The smallest absolute Gasteiger partial charge is 0.220 e. The SMILES string of the molecule is CCN(CC)CC(C)NC(=O)C[C@@H]1CCC[C@H]1N.Cl.Cl. The van der Waals surface area contributed by atoms with Gasteiger partial charge in [0.1, 0.15) is 0 Å². The molecule has 3 atom stereocenters. The normalized spacial score (nSPS) is 22.9. The molecule has 1 unspecified atom stereocenters. The van der Waals surface area contributed by atoms with Crippen molar-refractivity contribution in [2.24, 2.45) is 11.7 Å². The first kappa shape index (κ1) is 22.3. The van der Waals surface area contributed by atoms with Gasteiger partial charge in [-0.1, -0.05) is 20.3 Å². The summed E-state index contributed by atoms with van der Waals surface area (Å²) in [6, 6.07) is 0.448. The van der Waals surface area contributed by atoms with Gasteiger partial charge in [-0.15, -0.1) is 24.8 Å². The molecule has 0 saturated heterocycles. The van der Waals surface area contributed by atoms with Crippen molar-refractivity contribution in [3.05, 3.63) is 0 Å². The summed E-state index contributed by atoms with van der Waals surface area (Å²) in [5, 5.41) is 3.09. The van der Waals surface area contributed by atoms with Crippen molar-refractivity contribution < 1.29 is 4.79 Å². The highest BCUT2D eigenvalue weighted by atomic mass is 35.5. The predicted molar refractivity (Wildman–Crippen MR) is 89.8 cm³/mol. The zero-order chi connectivity index (χ0) is 13.5. The van der Waals surface area contributed by atoms with Gasteiger partial charge in [0.2, 0.25) is 5.91 Å². The molecule has 0 aliphatic heterocycles. The second-order valence-corrected chi connectivity index (χ2v) is 5.51. The number of nitrogens with two attached hydrogens (primary N) is 1. The number of halogens is 2. The third-order valence-electron chi connectivity index (χ3n) is 4.00. The fourth-order valence-electron chi connectivity index (χ4n) is 2.81. The maximum Gasteiger partial charge on any atom is 0.220 e. The standard InChI is InChI=1S/C14H29N3O.2ClH/c1-4-17(5-2)10-11(3)16-14(18)9-12-7-6-8-13(12)15;;/h11-13H,4-10,15H2,1-3H3,(H,16,18);2*1H/t11?,12-,13+;;/m0../s1. The number of likely N-dealkylation sites (N-methyl/N-ethyl adjacent to an activating group) is 1. The third-order valence-corrected chi connectivity index (χ3v) is 4.00. The lowest BCUT2D eigenvalue weighted by molar-refractivity contribution is -0.122. The Morgan fingerprint density at radius 3 is 2.35 bits per heavy atom. The molecule has 0 spiro atoms. The van der Waals surface area contributed by atoms with Crippen LogP contribution in [0, 0.1) is 5.92 Å². The van der Waals surface area contributed by atoms with Crippen LogP contribution in [0.3, 0.4) is 0 Å². The third kappa shape index (κ3) is 7.67. The molecule has 0 heterocycles. The number of nitrogens with zero attached hydrogens (tertiary/aromatic N) is 1. The van der Waals surface area contributed by atoms with Crippen LogP contribution in [0.4, 0.5) is 0 Å². The summed E-state index contributed by atoms with van der Waals surface area (Å²) in [7, 11) is 0. The minimum absolute atomic E-state index is 0. The summed E-state index contributed by atoms with van der Waals surface area (Å²) in [6.07, 6.45) is 3.96. The molecule has 20 heavy (non-hydrogen) atoms. The topological polar surface area (TPSA) is 58.4 Å². The molecule has 1 fully saturated rings.